The van der Waals surface area contributed by atoms with Crippen LogP contribution < -0.4 is 0 Å². The van der Waals surface area contributed by atoms with E-state index in [0.717, 1.165) is 24.0 Å². The Hall–Kier alpha value is -1.63. The third-order valence-corrected chi connectivity index (χ3v) is 2.07. The van der Waals surface area contributed by atoms with Gasteiger partial charge in [-0.05, 0) is 32.3 Å². The molecule has 2 nitrogen and oxygen atoms in total. The number of allylic oxidation sites excluding steroid dienone is 5. The second-order valence-electron chi connectivity index (χ2n) is 3.89. The van der Waals surface area contributed by atoms with E-state index in [2.05, 4.69) is 38.7 Å². The molecule has 0 heterocycles. The fourth-order valence-electron chi connectivity index (χ4n) is 0.906. The van der Waals surface area contributed by atoms with Crippen LogP contribution in [0.15, 0.2) is 48.1 Å². The number of aliphatic hydroxyl groups excluding tert-OH is 2. The highest BCUT2D eigenvalue weighted by Gasteiger charge is 1.98. The molecule has 0 aromatic heterocycles. The van der Waals surface area contributed by atoms with Crippen molar-refractivity contribution in [2.24, 2.45) is 0 Å². The van der Waals surface area contributed by atoms with Crippen molar-refractivity contribution in [3.63, 3.8) is 0 Å². The Morgan fingerprint density at radius 3 is 2.11 bits per heavy atom. The molecule has 1 aliphatic carbocycles. The molecule has 2 N–H and O–H groups in total. The Morgan fingerprint density at radius 1 is 1.42 bits per heavy atom. The van der Waals surface area contributed by atoms with E-state index in [4.69, 9.17) is 10.2 Å². The molecular formula is C16H25FO2. The lowest BCUT2D eigenvalue weighted by molar-refractivity contribution is 0.328. The lowest BCUT2D eigenvalue weighted by Crippen LogP contribution is -1.93. The molecule has 0 bridgehead atoms. The van der Waals surface area contributed by atoms with E-state index >= 15 is 0 Å². The van der Waals surface area contributed by atoms with E-state index in [0.29, 0.717) is 0 Å². The molecular weight excluding hydrogens is 243 g/mol. The average Bonchev–Trinajstić information content (AvgIpc) is 2.40. The van der Waals surface area contributed by atoms with E-state index in [1.807, 2.05) is 12.8 Å². The maximum atomic E-state index is 8.68. The predicted octanol–water partition coefficient (Wildman–Crippen LogP) is 3.16. The highest BCUT2D eigenvalue weighted by atomic mass is 19.0. The van der Waals surface area contributed by atoms with E-state index in [1.54, 1.807) is 6.08 Å². The van der Waals surface area contributed by atoms with Crippen molar-refractivity contribution in [3.05, 3.63) is 48.1 Å². The van der Waals surface area contributed by atoms with Crippen LogP contribution in [-0.4, -0.2) is 23.4 Å². The van der Waals surface area contributed by atoms with Gasteiger partial charge in [0, 0.05) is 0 Å². The SMILES string of the molecule is C#CCO.C=CC(=C)C.CC1=CCC(CO)=CC1.F. The highest BCUT2D eigenvalue weighted by molar-refractivity contribution is 5.20. The molecule has 0 radical (unpaired) electrons. The normalized spacial score (nSPS) is 11.7. The summed E-state index contributed by atoms with van der Waals surface area (Å²) in [5.74, 6) is 1.99. The van der Waals surface area contributed by atoms with Crippen LogP contribution in [0.2, 0.25) is 0 Å². The second kappa shape index (κ2) is 16.4. The first-order chi connectivity index (χ1) is 8.51. The van der Waals surface area contributed by atoms with Crippen molar-refractivity contribution in [2.75, 3.05) is 13.2 Å². The second-order valence-corrected chi connectivity index (χ2v) is 3.89. The standard InChI is InChI=1S/C8H12O.C5H8.C3H4O.FH/c1-7-2-4-8(6-9)5-3-7;1-4-5(2)3;1-2-3-4;/h2,5,9H,3-4,6H2,1H3;4H,1-2H2,3H3;1,4H,3H2;1H. The molecule has 3 heteroatoms. The molecule has 0 unspecified atom stereocenters. The first kappa shape index (κ1) is 22.5. The molecule has 0 atom stereocenters. The Bertz CT molecular complexity index is 346. The molecule has 0 saturated heterocycles. The maximum Gasteiger partial charge on any atom is 0.103 e. The van der Waals surface area contributed by atoms with E-state index in [9.17, 15) is 0 Å². The van der Waals surface area contributed by atoms with Gasteiger partial charge in [-0.3, -0.25) is 4.70 Å². The van der Waals surface area contributed by atoms with Gasteiger partial charge in [0.05, 0.1) is 6.61 Å². The molecule has 0 fully saturated rings. The lowest BCUT2D eigenvalue weighted by atomic mass is 10.0. The van der Waals surface area contributed by atoms with Gasteiger partial charge in [0.1, 0.15) is 6.61 Å². The summed E-state index contributed by atoms with van der Waals surface area (Å²) in [6.45, 7) is 11.1. The van der Waals surface area contributed by atoms with Crippen molar-refractivity contribution in [3.8, 4) is 12.3 Å². The minimum atomic E-state index is -0.153. The summed E-state index contributed by atoms with van der Waals surface area (Å²) in [6, 6.07) is 0. The summed E-state index contributed by atoms with van der Waals surface area (Å²) in [7, 11) is 0. The van der Waals surface area contributed by atoms with Crippen LogP contribution in [0.4, 0.5) is 4.70 Å². The molecule has 0 amide bonds. The van der Waals surface area contributed by atoms with Crippen LogP contribution in [0.5, 0.6) is 0 Å². The molecule has 1 rings (SSSR count). The van der Waals surface area contributed by atoms with Crippen molar-refractivity contribution >= 4 is 0 Å². The van der Waals surface area contributed by atoms with Crippen molar-refractivity contribution in [2.45, 2.75) is 26.7 Å². The van der Waals surface area contributed by atoms with Gasteiger partial charge in [0.15, 0.2) is 0 Å². The molecule has 0 aliphatic heterocycles. The first-order valence-electron chi connectivity index (χ1n) is 5.78. The molecule has 108 valence electrons. The first-order valence-corrected chi connectivity index (χ1v) is 5.78. The van der Waals surface area contributed by atoms with Crippen LogP contribution >= 0.6 is 0 Å². The fraction of sp³-hybridized carbons (Fsp3) is 0.375. The lowest BCUT2D eigenvalue weighted by Gasteiger charge is -2.07. The predicted molar refractivity (Wildman–Crippen MR) is 81.6 cm³/mol. The number of halogens is 1. The maximum absolute atomic E-state index is 8.68. The van der Waals surface area contributed by atoms with Gasteiger partial charge >= 0.3 is 0 Å². The van der Waals surface area contributed by atoms with Crippen LogP contribution in [0.3, 0.4) is 0 Å². The molecule has 19 heavy (non-hydrogen) atoms. The quantitative estimate of drug-likeness (QED) is 0.459. The number of aliphatic hydroxyl groups is 2. The molecule has 0 saturated carbocycles. The number of terminal acetylenes is 1. The molecule has 0 spiro atoms. The Balaban J connectivity index is -0.000000222. The van der Waals surface area contributed by atoms with Gasteiger partial charge in [-0.1, -0.05) is 48.5 Å². The smallest absolute Gasteiger partial charge is 0.103 e. The third kappa shape index (κ3) is 18.9. The molecule has 0 aromatic rings. The number of rotatable bonds is 2. The molecule has 1 aliphatic rings. The minimum absolute atomic E-state index is 0. The molecule has 0 aromatic carbocycles. The van der Waals surface area contributed by atoms with Crippen molar-refractivity contribution in [1.29, 1.82) is 0 Å². The summed E-state index contributed by atoms with van der Waals surface area (Å²) in [5.41, 5.74) is 3.58. The number of hydrogen-bond acceptors (Lipinski definition) is 2. The van der Waals surface area contributed by atoms with Crippen molar-refractivity contribution in [1.82, 2.24) is 0 Å². The van der Waals surface area contributed by atoms with Gasteiger partial charge in [-0.25, -0.2) is 0 Å². The van der Waals surface area contributed by atoms with E-state index in [-0.39, 0.29) is 17.9 Å². The highest BCUT2D eigenvalue weighted by Crippen LogP contribution is 2.15. The summed E-state index contributed by atoms with van der Waals surface area (Å²) >= 11 is 0. The Kier molecular flexibility index (Phi) is 19.4. The van der Waals surface area contributed by atoms with Gasteiger partial charge in [0.2, 0.25) is 0 Å². The third-order valence-electron chi connectivity index (χ3n) is 2.07. The van der Waals surface area contributed by atoms with Gasteiger partial charge in [-0.15, -0.1) is 6.42 Å². The van der Waals surface area contributed by atoms with Crippen LogP contribution in [-0.2, 0) is 0 Å². The largest absolute Gasteiger partial charge is 0.392 e. The number of hydrogen-bond donors (Lipinski definition) is 2. The topological polar surface area (TPSA) is 40.5 Å². The van der Waals surface area contributed by atoms with Gasteiger partial charge in [-0.2, -0.15) is 0 Å². The fourth-order valence-corrected chi connectivity index (χ4v) is 0.906. The minimum Gasteiger partial charge on any atom is -0.392 e. The summed E-state index contributed by atoms with van der Waals surface area (Å²) in [4.78, 5) is 0. The Labute approximate surface area is 116 Å². The van der Waals surface area contributed by atoms with Gasteiger partial charge in [0.25, 0.3) is 0 Å². The van der Waals surface area contributed by atoms with Crippen LogP contribution in [0.1, 0.15) is 26.7 Å². The summed E-state index contributed by atoms with van der Waals surface area (Å²) in [5, 5.41) is 16.3. The summed E-state index contributed by atoms with van der Waals surface area (Å²) < 4.78 is 0. The van der Waals surface area contributed by atoms with Crippen LogP contribution in [0, 0.1) is 12.3 Å². The monoisotopic (exact) mass is 268 g/mol. The van der Waals surface area contributed by atoms with E-state index < -0.39 is 0 Å². The zero-order chi connectivity index (χ0) is 14.4. The summed E-state index contributed by atoms with van der Waals surface area (Å²) in [6.07, 6.45) is 12.5. The van der Waals surface area contributed by atoms with Crippen molar-refractivity contribution < 1.29 is 14.9 Å². The van der Waals surface area contributed by atoms with Gasteiger partial charge < -0.3 is 10.2 Å². The zero-order valence-electron chi connectivity index (χ0n) is 11.9. The Morgan fingerprint density at radius 2 is 1.89 bits per heavy atom. The zero-order valence-corrected chi connectivity index (χ0v) is 11.9. The van der Waals surface area contributed by atoms with Crippen LogP contribution in [0.25, 0.3) is 0 Å². The van der Waals surface area contributed by atoms with E-state index in [1.165, 1.54) is 5.57 Å². The average molecular weight is 268 g/mol.